The molecule has 7 nitrogen and oxygen atoms in total. The Morgan fingerprint density at radius 1 is 0.619 bits per heavy atom. The van der Waals surface area contributed by atoms with Crippen LogP contribution in [0.25, 0.3) is 0 Å². The summed E-state index contributed by atoms with van der Waals surface area (Å²) in [6, 6.07) is 0. The first-order chi connectivity index (χ1) is 9.74. The molecule has 8 heteroatoms. The van der Waals surface area contributed by atoms with E-state index in [1.54, 1.807) is 0 Å². The molecule has 0 saturated carbocycles. The molecule has 0 fully saturated rings. The van der Waals surface area contributed by atoms with Crippen molar-refractivity contribution in [2.75, 3.05) is 41.3 Å². The molecule has 0 aromatic carbocycles. The van der Waals surface area contributed by atoms with E-state index >= 15 is 0 Å². The zero-order chi connectivity index (χ0) is 17.0. The second-order valence-electron chi connectivity index (χ2n) is 4.59. The van der Waals surface area contributed by atoms with E-state index in [1.807, 2.05) is 0 Å². The molecule has 0 saturated heterocycles. The van der Waals surface area contributed by atoms with Crippen LogP contribution in [0, 0.1) is 51.1 Å². The fraction of sp³-hybridized carbons (Fsp3) is 0.615. The molecule has 0 spiro atoms. The van der Waals surface area contributed by atoms with E-state index in [-0.39, 0.29) is 0 Å². The van der Waals surface area contributed by atoms with Crippen molar-refractivity contribution < 1.29 is 11.8 Å². The van der Waals surface area contributed by atoms with Gasteiger partial charge in [0.1, 0.15) is 0 Å². The van der Waals surface area contributed by atoms with Gasteiger partial charge in [-0.25, -0.2) is 0 Å². The fourth-order valence-corrected chi connectivity index (χ4v) is 1.58. The Morgan fingerprint density at radius 2 is 0.857 bits per heavy atom. The van der Waals surface area contributed by atoms with E-state index in [0.29, 0.717) is 0 Å². The second-order valence-corrected chi connectivity index (χ2v) is 8.59. The third kappa shape index (κ3) is 7.29. The van der Waals surface area contributed by atoms with E-state index in [4.69, 9.17) is 26.3 Å². The van der Waals surface area contributed by atoms with Gasteiger partial charge in [-0.2, -0.15) is 0 Å². The van der Waals surface area contributed by atoms with Crippen LogP contribution < -0.4 is 0 Å². The van der Waals surface area contributed by atoms with Gasteiger partial charge >= 0.3 is 62.9 Å². The predicted molar refractivity (Wildman–Crippen MR) is 74.4 cm³/mol. The fourth-order valence-electron chi connectivity index (χ4n) is 1.03. The maximum absolute atomic E-state index is 8.35. The summed E-state index contributed by atoms with van der Waals surface area (Å²) >= 11 is -4.78. The van der Waals surface area contributed by atoms with Crippen LogP contribution >= 0.6 is 0 Å². The van der Waals surface area contributed by atoms with Crippen molar-refractivity contribution >= 4 is 0 Å². The molecule has 0 aromatic heterocycles. The summed E-state index contributed by atoms with van der Waals surface area (Å²) < 4.78 is 0. The topological polar surface area (TPSA) is 125 Å². The monoisotopic (exact) mass is 330 g/mol. The zero-order valence-electron chi connectivity index (χ0n) is 12.8. The first-order valence-electron chi connectivity index (χ1n) is 5.92. The normalized spacial score (nSPS) is 11.4. The van der Waals surface area contributed by atoms with Gasteiger partial charge < -0.3 is 9.80 Å². The van der Waals surface area contributed by atoms with Crippen LogP contribution in [0.5, 0.6) is 0 Å². The molecule has 0 aromatic rings. The predicted octanol–water partition coefficient (Wildman–Crippen LogP) is 0.971. The summed E-state index contributed by atoms with van der Waals surface area (Å²) in [5.41, 5.74) is 0. The van der Waals surface area contributed by atoms with Crippen LogP contribution in [0.2, 0.25) is 0 Å². The number of unbranched alkanes of at least 4 members (excludes halogenated alkanes) is 1. The second kappa shape index (κ2) is 9.74. The van der Waals surface area contributed by atoms with Gasteiger partial charge in [0.05, 0.1) is 0 Å². The van der Waals surface area contributed by atoms with Gasteiger partial charge in [0.25, 0.3) is 0 Å². The van der Waals surface area contributed by atoms with Crippen LogP contribution in [-0.2, 0) is 11.8 Å². The number of rotatable bonds is 5. The van der Waals surface area contributed by atoms with E-state index in [0.717, 1.165) is 0 Å². The molecule has 0 bridgehead atoms. The van der Waals surface area contributed by atoms with Crippen LogP contribution in [0.3, 0.4) is 0 Å². The summed E-state index contributed by atoms with van der Waals surface area (Å²) in [5.74, 6) is 0. The van der Waals surface area contributed by atoms with Crippen LogP contribution in [0.15, 0.2) is 0 Å². The molecule has 115 valence electrons. The molecule has 0 unspecified atom stereocenters. The Kier molecular flexibility index (Phi) is 9.83. The first kappa shape index (κ1) is 21.2. The Balaban J connectivity index is 0. The van der Waals surface area contributed by atoms with E-state index in [9.17, 15) is 0 Å². The standard InChI is InChI=1S/C8H20N2.5CN.Fe/c1-9(2)7-5-6-8-10(3)4;5*1-2;/h5-8H2,1-4H3;;;;;;. The quantitative estimate of drug-likeness (QED) is 0.543. The Bertz CT molecular complexity index is 424. The third-order valence-corrected chi connectivity index (χ3v) is 4.72. The van der Waals surface area contributed by atoms with Crippen molar-refractivity contribution in [1.82, 2.24) is 9.80 Å². The summed E-state index contributed by atoms with van der Waals surface area (Å²) in [6.07, 6.45) is 2.62. The maximum atomic E-state index is 8.35. The molecule has 0 aliphatic rings. The van der Waals surface area contributed by atoms with Gasteiger partial charge in [-0.05, 0) is 54.1 Å². The van der Waals surface area contributed by atoms with Crippen molar-refractivity contribution in [1.29, 1.82) is 26.3 Å². The van der Waals surface area contributed by atoms with Gasteiger partial charge in [0, 0.05) is 0 Å². The van der Waals surface area contributed by atoms with Gasteiger partial charge in [0.2, 0.25) is 0 Å². The molecular formula is C13H20FeN7. The molecule has 0 atom stereocenters. The van der Waals surface area contributed by atoms with E-state index in [2.05, 4.69) is 38.0 Å². The summed E-state index contributed by atoms with van der Waals surface area (Å²) in [5, 5.41) is 41.8. The average Bonchev–Trinajstić information content (AvgIpc) is 2.48. The van der Waals surface area contributed by atoms with Crippen LogP contribution in [-0.4, -0.2) is 51.1 Å². The summed E-state index contributed by atoms with van der Waals surface area (Å²) in [4.78, 5) is 10.6. The van der Waals surface area contributed by atoms with E-state index < -0.39 is 11.8 Å². The van der Waals surface area contributed by atoms with Crippen molar-refractivity contribution in [2.24, 2.45) is 0 Å². The van der Waals surface area contributed by atoms with Gasteiger partial charge in [-0.15, -0.1) is 0 Å². The number of nitrogens with zero attached hydrogens (tertiary/aromatic N) is 7. The zero-order valence-corrected chi connectivity index (χ0v) is 13.9. The first-order valence-corrected chi connectivity index (χ1v) is 8.68. The van der Waals surface area contributed by atoms with Crippen LogP contribution in [0.1, 0.15) is 12.8 Å². The summed E-state index contributed by atoms with van der Waals surface area (Å²) in [7, 11) is 8.48. The van der Waals surface area contributed by atoms with E-state index in [1.165, 1.54) is 50.8 Å². The number of hydrogen-bond acceptors (Lipinski definition) is 7. The minimum absolute atomic E-state index is 1.22. The van der Waals surface area contributed by atoms with Gasteiger partial charge in [-0.3, -0.25) is 0 Å². The Hall–Kier alpha value is -2.11. The Labute approximate surface area is 127 Å². The Morgan fingerprint density at radius 3 is 0.952 bits per heavy atom. The number of hydrogen-bond donors (Lipinski definition) is 0. The van der Waals surface area contributed by atoms with Crippen molar-refractivity contribution in [3.8, 4) is 24.8 Å². The van der Waals surface area contributed by atoms with Gasteiger partial charge in [-0.1, -0.05) is 0 Å². The SMILES string of the molecule is CN(C)CCCCN(C)C.N#[C][Fe]([C]#N)([C]#N)([C]#N)[C]#N. The summed E-state index contributed by atoms with van der Waals surface area (Å²) in [6.45, 7) is 2.43. The van der Waals surface area contributed by atoms with Crippen molar-refractivity contribution in [3.63, 3.8) is 0 Å². The molecule has 21 heavy (non-hydrogen) atoms. The van der Waals surface area contributed by atoms with Crippen molar-refractivity contribution in [2.45, 2.75) is 12.8 Å². The molecule has 0 rings (SSSR count). The van der Waals surface area contributed by atoms with Crippen LogP contribution in [0.4, 0.5) is 0 Å². The molecule has 0 amide bonds. The molecule has 0 radical (unpaired) electrons. The molecule has 0 aliphatic heterocycles. The third-order valence-electron chi connectivity index (χ3n) is 2.25. The van der Waals surface area contributed by atoms with Crippen molar-refractivity contribution in [3.05, 3.63) is 0 Å². The van der Waals surface area contributed by atoms with Gasteiger partial charge in [0.15, 0.2) is 0 Å². The average molecular weight is 330 g/mol. The molecular weight excluding hydrogens is 310 g/mol. The number of nitriles is 5. The molecule has 0 N–H and O–H groups in total. The minimum atomic E-state index is -4.78. The molecule has 0 heterocycles. The molecule has 0 aliphatic carbocycles.